The van der Waals surface area contributed by atoms with Gasteiger partial charge in [-0.2, -0.15) is 0 Å². The molecule has 0 aliphatic heterocycles. The molecule has 4 heteroatoms. The van der Waals surface area contributed by atoms with Crippen LogP contribution in [0.1, 0.15) is 43.7 Å². The van der Waals surface area contributed by atoms with Crippen molar-refractivity contribution in [1.82, 2.24) is 0 Å². The number of carbonyl (C=O) groups is 1. The first-order valence-corrected chi connectivity index (χ1v) is 8.71. The monoisotopic (exact) mass is 342 g/mol. The number of hydrogen-bond donors (Lipinski definition) is 1. The number of ether oxygens (including phenoxy) is 1. The SMILES string of the molecule is CCOC1(c2ccc(F)cc2)CCC(C(=O)O)(c2ccccc2)CC1. The molecular weight excluding hydrogens is 319 g/mol. The molecule has 25 heavy (non-hydrogen) atoms. The summed E-state index contributed by atoms with van der Waals surface area (Å²) in [6, 6.07) is 15.8. The molecule has 0 amide bonds. The minimum absolute atomic E-state index is 0.282. The highest BCUT2D eigenvalue weighted by molar-refractivity contribution is 5.81. The third kappa shape index (κ3) is 3.19. The van der Waals surface area contributed by atoms with Crippen LogP contribution in [-0.2, 0) is 20.5 Å². The highest BCUT2D eigenvalue weighted by Crippen LogP contribution is 2.49. The summed E-state index contributed by atoms with van der Waals surface area (Å²) in [4.78, 5) is 12.1. The van der Waals surface area contributed by atoms with Gasteiger partial charge in [-0.05, 0) is 55.9 Å². The minimum Gasteiger partial charge on any atom is -0.481 e. The van der Waals surface area contributed by atoms with Gasteiger partial charge >= 0.3 is 5.97 Å². The second-order valence-corrected chi connectivity index (χ2v) is 6.69. The van der Waals surface area contributed by atoms with E-state index in [1.807, 2.05) is 37.3 Å². The molecular formula is C21H23FO3. The van der Waals surface area contributed by atoms with Crippen LogP contribution >= 0.6 is 0 Å². The summed E-state index contributed by atoms with van der Waals surface area (Å²) < 4.78 is 19.4. The number of hydrogen-bond acceptors (Lipinski definition) is 2. The second kappa shape index (κ2) is 6.96. The number of carboxylic acids is 1. The van der Waals surface area contributed by atoms with Gasteiger partial charge in [0.1, 0.15) is 5.82 Å². The first kappa shape index (κ1) is 17.6. The Labute approximate surface area is 147 Å². The van der Waals surface area contributed by atoms with Crippen LogP contribution in [-0.4, -0.2) is 17.7 Å². The first-order chi connectivity index (χ1) is 12.0. The third-order valence-corrected chi connectivity index (χ3v) is 5.44. The molecule has 1 aliphatic rings. The van der Waals surface area contributed by atoms with Gasteiger partial charge in [0, 0.05) is 6.61 Å². The maximum Gasteiger partial charge on any atom is 0.314 e. The van der Waals surface area contributed by atoms with Crippen molar-refractivity contribution < 1.29 is 19.0 Å². The summed E-state index contributed by atoms with van der Waals surface area (Å²) >= 11 is 0. The molecule has 1 aliphatic carbocycles. The van der Waals surface area contributed by atoms with Gasteiger partial charge in [0.15, 0.2) is 0 Å². The van der Waals surface area contributed by atoms with Crippen molar-refractivity contribution in [3.63, 3.8) is 0 Å². The van der Waals surface area contributed by atoms with Gasteiger partial charge in [-0.25, -0.2) is 4.39 Å². The van der Waals surface area contributed by atoms with E-state index in [0.717, 1.165) is 11.1 Å². The van der Waals surface area contributed by atoms with Gasteiger partial charge in [0.05, 0.1) is 11.0 Å². The lowest BCUT2D eigenvalue weighted by Crippen LogP contribution is -2.45. The van der Waals surface area contributed by atoms with E-state index in [4.69, 9.17) is 4.74 Å². The van der Waals surface area contributed by atoms with E-state index in [-0.39, 0.29) is 5.82 Å². The molecule has 3 nitrogen and oxygen atoms in total. The van der Waals surface area contributed by atoms with E-state index in [0.29, 0.717) is 32.3 Å². The molecule has 0 spiro atoms. The molecule has 0 bridgehead atoms. The Balaban J connectivity index is 1.93. The zero-order chi connectivity index (χ0) is 17.9. The molecule has 1 fully saturated rings. The quantitative estimate of drug-likeness (QED) is 0.860. The number of benzene rings is 2. The predicted octanol–water partition coefficient (Wildman–Crippen LogP) is 4.65. The Hall–Kier alpha value is -2.20. The van der Waals surface area contributed by atoms with Crippen LogP contribution in [0, 0.1) is 5.82 Å². The molecule has 2 aromatic carbocycles. The maximum absolute atomic E-state index is 13.3. The fourth-order valence-electron chi connectivity index (χ4n) is 4.01. The Kier molecular flexibility index (Phi) is 4.91. The summed E-state index contributed by atoms with van der Waals surface area (Å²) in [5.41, 5.74) is 0.326. The smallest absolute Gasteiger partial charge is 0.314 e. The topological polar surface area (TPSA) is 46.5 Å². The van der Waals surface area contributed by atoms with Crippen molar-refractivity contribution in [1.29, 1.82) is 0 Å². The van der Waals surface area contributed by atoms with Crippen LogP contribution in [0.5, 0.6) is 0 Å². The number of rotatable bonds is 5. The summed E-state index contributed by atoms with van der Waals surface area (Å²) in [6.07, 6.45) is 2.16. The molecule has 1 saturated carbocycles. The van der Waals surface area contributed by atoms with Crippen molar-refractivity contribution >= 4 is 5.97 Å². The van der Waals surface area contributed by atoms with Crippen LogP contribution in [0.3, 0.4) is 0 Å². The Morgan fingerprint density at radius 3 is 2.12 bits per heavy atom. The maximum atomic E-state index is 13.3. The highest BCUT2D eigenvalue weighted by atomic mass is 19.1. The van der Waals surface area contributed by atoms with Crippen LogP contribution < -0.4 is 0 Å². The van der Waals surface area contributed by atoms with Gasteiger partial charge in [-0.15, -0.1) is 0 Å². The van der Waals surface area contributed by atoms with Crippen molar-refractivity contribution in [2.45, 2.75) is 43.6 Å². The zero-order valence-electron chi connectivity index (χ0n) is 14.4. The second-order valence-electron chi connectivity index (χ2n) is 6.69. The molecule has 2 aromatic rings. The lowest BCUT2D eigenvalue weighted by molar-refractivity contribution is -0.150. The van der Waals surface area contributed by atoms with E-state index in [1.165, 1.54) is 12.1 Å². The van der Waals surface area contributed by atoms with E-state index in [9.17, 15) is 14.3 Å². The molecule has 132 valence electrons. The lowest BCUT2D eigenvalue weighted by atomic mass is 9.63. The van der Waals surface area contributed by atoms with Crippen molar-refractivity contribution in [3.05, 3.63) is 71.5 Å². The van der Waals surface area contributed by atoms with Gasteiger partial charge in [0.25, 0.3) is 0 Å². The Bertz CT molecular complexity index is 717. The van der Waals surface area contributed by atoms with Crippen LogP contribution in [0.4, 0.5) is 4.39 Å². The average molecular weight is 342 g/mol. The molecule has 3 rings (SSSR count). The van der Waals surface area contributed by atoms with Crippen LogP contribution in [0.25, 0.3) is 0 Å². The fraction of sp³-hybridized carbons (Fsp3) is 0.381. The molecule has 0 unspecified atom stereocenters. The fourth-order valence-corrected chi connectivity index (χ4v) is 4.01. The number of aliphatic carboxylic acids is 1. The van der Waals surface area contributed by atoms with Crippen molar-refractivity contribution in [2.75, 3.05) is 6.61 Å². The number of halogens is 1. The predicted molar refractivity (Wildman–Crippen MR) is 93.9 cm³/mol. The van der Waals surface area contributed by atoms with Gasteiger partial charge < -0.3 is 9.84 Å². The first-order valence-electron chi connectivity index (χ1n) is 8.71. The summed E-state index contributed by atoms with van der Waals surface area (Å²) in [6.45, 7) is 2.46. The third-order valence-electron chi connectivity index (χ3n) is 5.44. The summed E-state index contributed by atoms with van der Waals surface area (Å²) in [7, 11) is 0. The van der Waals surface area contributed by atoms with Crippen LogP contribution in [0.2, 0.25) is 0 Å². The van der Waals surface area contributed by atoms with E-state index in [1.54, 1.807) is 12.1 Å². The molecule has 0 radical (unpaired) electrons. The average Bonchev–Trinajstić information content (AvgIpc) is 2.64. The molecule has 0 heterocycles. The Morgan fingerprint density at radius 2 is 1.60 bits per heavy atom. The van der Waals surface area contributed by atoms with Crippen molar-refractivity contribution in [2.24, 2.45) is 0 Å². The molecule has 0 saturated heterocycles. The van der Waals surface area contributed by atoms with Gasteiger partial charge in [0.2, 0.25) is 0 Å². The zero-order valence-corrected chi connectivity index (χ0v) is 14.4. The standard InChI is InChI=1S/C21H23FO3/c1-2-25-21(17-8-10-18(22)11-9-17)14-12-20(13-15-21,19(23)24)16-6-4-3-5-7-16/h3-11H,2,12-15H2,1H3,(H,23,24). The molecule has 0 aromatic heterocycles. The molecule has 0 atom stereocenters. The van der Waals surface area contributed by atoms with Gasteiger partial charge in [-0.3, -0.25) is 4.79 Å². The normalized spacial score (nSPS) is 26.3. The highest BCUT2D eigenvalue weighted by Gasteiger charge is 2.49. The van der Waals surface area contributed by atoms with E-state index < -0.39 is 17.0 Å². The van der Waals surface area contributed by atoms with E-state index >= 15 is 0 Å². The van der Waals surface area contributed by atoms with E-state index in [2.05, 4.69) is 0 Å². The minimum atomic E-state index is -0.887. The molecule has 1 N–H and O–H groups in total. The summed E-state index contributed by atoms with van der Waals surface area (Å²) in [5.74, 6) is -1.07. The van der Waals surface area contributed by atoms with Crippen molar-refractivity contribution in [3.8, 4) is 0 Å². The Morgan fingerprint density at radius 1 is 1.00 bits per heavy atom. The largest absolute Gasteiger partial charge is 0.481 e. The lowest BCUT2D eigenvalue weighted by Gasteiger charge is -2.44. The summed E-state index contributed by atoms with van der Waals surface area (Å²) in [5, 5.41) is 9.96. The van der Waals surface area contributed by atoms with Gasteiger partial charge in [-0.1, -0.05) is 42.5 Å². The number of carboxylic acid groups (broad SMARTS) is 1. The van der Waals surface area contributed by atoms with Crippen LogP contribution in [0.15, 0.2) is 54.6 Å².